The minimum absolute atomic E-state index is 0.0999. The minimum atomic E-state index is -0.613. The summed E-state index contributed by atoms with van der Waals surface area (Å²) in [6.07, 6.45) is 0.737. The first kappa shape index (κ1) is 15.8. The lowest BCUT2D eigenvalue weighted by atomic mass is 10.0. The number of Topliss-reactive ketones (excluding diaryl/α,β-unsaturated/α-hetero) is 1. The molecule has 22 heavy (non-hydrogen) atoms. The number of halogens is 1. The van der Waals surface area contributed by atoms with Crippen LogP contribution in [0, 0.1) is 0 Å². The minimum Gasteiger partial charge on any atom is -0.457 e. The molecule has 2 rings (SSSR count). The Balaban J connectivity index is 2.14. The first-order valence-electron chi connectivity index (χ1n) is 6.34. The van der Waals surface area contributed by atoms with Crippen LogP contribution in [0.15, 0.2) is 53.0 Å². The molecule has 0 saturated heterocycles. The smallest absolute Gasteiger partial charge is 0.339 e. The number of benzene rings is 2. The predicted octanol–water partition coefficient (Wildman–Crippen LogP) is 3.29. The molecule has 0 aliphatic carbocycles. The van der Waals surface area contributed by atoms with Gasteiger partial charge in [-0.1, -0.05) is 40.2 Å². The molecule has 2 aromatic rings. The lowest BCUT2D eigenvalue weighted by Gasteiger charge is -2.07. The zero-order valence-electron chi connectivity index (χ0n) is 11.4. The number of ketones is 1. The summed E-state index contributed by atoms with van der Waals surface area (Å²) in [7, 11) is 0. The third-order valence-electron chi connectivity index (χ3n) is 2.87. The average Bonchev–Trinajstić information content (AvgIpc) is 2.54. The summed E-state index contributed by atoms with van der Waals surface area (Å²) in [6, 6.07) is 13.5. The Labute approximate surface area is 135 Å². The van der Waals surface area contributed by atoms with E-state index in [0.717, 1.165) is 16.3 Å². The fraction of sp³-hybridized carbons (Fsp3) is 0.0625. The van der Waals surface area contributed by atoms with Crippen LogP contribution in [0.3, 0.4) is 0 Å². The van der Waals surface area contributed by atoms with Gasteiger partial charge >= 0.3 is 12.2 Å². The summed E-state index contributed by atoms with van der Waals surface area (Å²) in [5.74, 6) is -1.18. The summed E-state index contributed by atoms with van der Waals surface area (Å²) in [5, 5.41) is 0. The Morgan fingerprint density at radius 2 is 1.73 bits per heavy atom. The van der Waals surface area contributed by atoms with Crippen molar-refractivity contribution in [2.24, 2.45) is 0 Å². The number of ether oxygens (including phenoxy) is 1. The molecule has 0 fully saturated rings. The van der Waals surface area contributed by atoms with E-state index in [4.69, 9.17) is 10.3 Å². The van der Waals surface area contributed by atoms with E-state index in [2.05, 4.69) is 20.7 Å². The molecule has 2 aromatic carbocycles. The number of rotatable bonds is 5. The highest BCUT2D eigenvalue weighted by molar-refractivity contribution is 9.10. The molecule has 0 unspecified atom stereocenters. The van der Waals surface area contributed by atoms with Crippen LogP contribution in [-0.2, 0) is 11.3 Å². The fourth-order valence-corrected chi connectivity index (χ4v) is 2.07. The number of carbonyl (C=O) groups excluding carboxylic acids is 2. The van der Waals surface area contributed by atoms with Gasteiger partial charge in [0.2, 0.25) is 0 Å². The Morgan fingerprint density at radius 3 is 2.36 bits per heavy atom. The second kappa shape index (κ2) is 7.45. The first-order valence-corrected chi connectivity index (χ1v) is 7.13. The van der Waals surface area contributed by atoms with Gasteiger partial charge in [0.15, 0.2) is 0 Å². The lowest BCUT2D eigenvalue weighted by Crippen LogP contribution is -2.12. The van der Waals surface area contributed by atoms with Crippen LogP contribution >= 0.6 is 15.9 Å². The molecule has 0 bridgehead atoms. The molecule has 5 nitrogen and oxygen atoms in total. The van der Waals surface area contributed by atoms with Crippen LogP contribution in [0.4, 0.5) is 0 Å². The van der Waals surface area contributed by atoms with E-state index in [1.807, 2.05) is 24.3 Å². The molecule has 0 amide bonds. The molecule has 0 aliphatic heterocycles. The van der Waals surface area contributed by atoms with Gasteiger partial charge in [-0.05, 0) is 29.8 Å². The van der Waals surface area contributed by atoms with Crippen LogP contribution in [0.1, 0.15) is 26.3 Å². The number of nitrogens with zero attached hydrogens (tertiary/aromatic N) is 2. The maximum atomic E-state index is 12.1. The van der Waals surface area contributed by atoms with Crippen molar-refractivity contribution in [3.8, 4) is 0 Å². The van der Waals surface area contributed by atoms with Crippen LogP contribution in [0.2, 0.25) is 0 Å². The highest BCUT2D eigenvalue weighted by Gasteiger charge is 2.18. The molecule has 0 atom stereocenters. The third-order valence-corrected chi connectivity index (χ3v) is 3.40. The number of carbonyl (C=O) groups is 2. The molecular formula is C16H11BrN2O3. The quantitative estimate of drug-likeness (QED) is 0.270. The van der Waals surface area contributed by atoms with Crippen LogP contribution in [0.25, 0.3) is 5.53 Å². The summed E-state index contributed by atoms with van der Waals surface area (Å²) >= 11 is 3.32. The molecule has 110 valence electrons. The zero-order valence-corrected chi connectivity index (χ0v) is 13.0. The second-order valence-electron chi connectivity index (χ2n) is 4.36. The molecule has 0 saturated carbocycles. The Morgan fingerprint density at radius 1 is 1.09 bits per heavy atom. The third kappa shape index (κ3) is 3.97. The van der Waals surface area contributed by atoms with Gasteiger partial charge in [-0.3, -0.25) is 4.79 Å². The van der Waals surface area contributed by atoms with E-state index in [0.29, 0.717) is 0 Å². The summed E-state index contributed by atoms with van der Waals surface area (Å²) in [6.45, 7) is 0.0999. The Kier molecular flexibility index (Phi) is 5.36. The largest absolute Gasteiger partial charge is 0.457 e. The van der Waals surface area contributed by atoms with Gasteiger partial charge in [-0.15, -0.1) is 0 Å². The van der Waals surface area contributed by atoms with E-state index in [1.54, 1.807) is 12.1 Å². The number of hydrogen-bond acceptors (Lipinski definition) is 3. The normalized spacial score (nSPS) is 9.68. The maximum absolute atomic E-state index is 12.1. The van der Waals surface area contributed by atoms with E-state index in [1.165, 1.54) is 12.1 Å². The average molecular weight is 359 g/mol. The van der Waals surface area contributed by atoms with Crippen molar-refractivity contribution >= 4 is 33.9 Å². The van der Waals surface area contributed by atoms with Crippen LogP contribution in [-0.4, -0.2) is 22.8 Å². The molecule has 0 N–H and O–H groups in total. The Hall–Kier alpha value is -2.56. The number of hydrogen-bond donors (Lipinski definition) is 0. The highest BCUT2D eigenvalue weighted by Crippen LogP contribution is 2.14. The molecule has 0 radical (unpaired) electrons. The van der Waals surface area contributed by atoms with Crippen molar-refractivity contribution in [3.63, 3.8) is 0 Å². The van der Waals surface area contributed by atoms with Crippen molar-refractivity contribution in [3.05, 3.63) is 75.2 Å². The monoisotopic (exact) mass is 358 g/mol. The van der Waals surface area contributed by atoms with Crippen LogP contribution < -0.4 is 0 Å². The topological polar surface area (TPSA) is 79.8 Å². The van der Waals surface area contributed by atoms with Gasteiger partial charge in [-0.2, -0.15) is 4.79 Å². The SMILES string of the molecule is [N-]=[N+]=CC(=O)c1ccccc1C(=O)OCc1ccc(Br)cc1. The van der Waals surface area contributed by atoms with Crippen molar-refractivity contribution in [2.45, 2.75) is 6.61 Å². The van der Waals surface area contributed by atoms with Crippen molar-refractivity contribution in [1.82, 2.24) is 0 Å². The maximum Gasteiger partial charge on any atom is 0.339 e. The molecule has 0 aromatic heterocycles. The van der Waals surface area contributed by atoms with Gasteiger partial charge in [0.05, 0.1) is 5.56 Å². The fourth-order valence-electron chi connectivity index (χ4n) is 1.81. The van der Waals surface area contributed by atoms with E-state index < -0.39 is 11.8 Å². The summed E-state index contributed by atoms with van der Waals surface area (Å²) in [5.41, 5.74) is 9.52. The number of esters is 1. The summed E-state index contributed by atoms with van der Waals surface area (Å²) in [4.78, 5) is 26.6. The highest BCUT2D eigenvalue weighted by atomic mass is 79.9. The molecule has 0 aliphatic rings. The van der Waals surface area contributed by atoms with E-state index in [9.17, 15) is 9.59 Å². The van der Waals surface area contributed by atoms with Crippen molar-refractivity contribution < 1.29 is 19.1 Å². The van der Waals surface area contributed by atoms with Gasteiger partial charge < -0.3 is 10.3 Å². The predicted molar refractivity (Wildman–Crippen MR) is 83.7 cm³/mol. The summed E-state index contributed by atoms with van der Waals surface area (Å²) < 4.78 is 6.14. The zero-order chi connectivity index (χ0) is 15.9. The van der Waals surface area contributed by atoms with Gasteiger partial charge in [-0.25, -0.2) is 4.79 Å². The standard InChI is InChI=1S/C16H11BrN2O3/c17-12-7-5-11(6-8-12)10-22-16(21)14-4-2-1-3-13(14)15(20)9-19-18/h1-9H,10H2. The Bertz CT molecular complexity index is 750. The molecular weight excluding hydrogens is 348 g/mol. The van der Waals surface area contributed by atoms with Gasteiger partial charge in [0.1, 0.15) is 6.61 Å². The molecule has 0 spiro atoms. The second-order valence-corrected chi connectivity index (χ2v) is 5.27. The molecule has 0 heterocycles. The van der Waals surface area contributed by atoms with Crippen molar-refractivity contribution in [1.29, 1.82) is 0 Å². The van der Waals surface area contributed by atoms with E-state index >= 15 is 0 Å². The van der Waals surface area contributed by atoms with E-state index in [-0.39, 0.29) is 17.7 Å². The first-order chi connectivity index (χ1) is 10.6. The van der Waals surface area contributed by atoms with Crippen LogP contribution in [0.5, 0.6) is 0 Å². The van der Waals surface area contributed by atoms with Crippen molar-refractivity contribution in [2.75, 3.05) is 0 Å². The lowest BCUT2D eigenvalue weighted by molar-refractivity contribution is 0.00233. The molecule has 6 heteroatoms. The van der Waals surface area contributed by atoms with Gasteiger partial charge in [0, 0.05) is 10.0 Å². The van der Waals surface area contributed by atoms with Gasteiger partial charge in [0.25, 0.3) is 5.78 Å².